The van der Waals surface area contributed by atoms with Crippen LogP contribution >= 0.6 is 24.0 Å². The van der Waals surface area contributed by atoms with Gasteiger partial charge in [0.05, 0.1) is 18.4 Å². The number of piperazine rings is 1. The summed E-state index contributed by atoms with van der Waals surface area (Å²) in [5.41, 5.74) is 0.684. The van der Waals surface area contributed by atoms with E-state index in [0.717, 1.165) is 71.2 Å². The van der Waals surface area contributed by atoms with Gasteiger partial charge in [0.2, 0.25) is 0 Å². The molecule has 3 rings (SSSR count). The van der Waals surface area contributed by atoms with Crippen LogP contribution in [0, 0.1) is 5.82 Å². The third-order valence-electron chi connectivity index (χ3n) is 5.06. The van der Waals surface area contributed by atoms with Crippen LogP contribution in [0.25, 0.3) is 0 Å². The van der Waals surface area contributed by atoms with E-state index in [9.17, 15) is 4.39 Å². The molecule has 1 aromatic carbocycles. The van der Waals surface area contributed by atoms with E-state index < -0.39 is 0 Å². The second kappa shape index (κ2) is 12.4. The van der Waals surface area contributed by atoms with Crippen molar-refractivity contribution < 1.29 is 13.9 Å². The van der Waals surface area contributed by atoms with Gasteiger partial charge in [-0.2, -0.15) is 0 Å². The molecule has 158 valence electrons. The SMILES string of the molecule is CN=C(NCCCOCC1CCCO1)N1CCN(c2ccccc2F)CC1.I. The molecule has 0 saturated carbocycles. The molecule has 2 heterocycles. The monoisotopic (exact) mass is 506 g/mol. The third kappa shape index (κ3) is 6.73. The van der Waals surface area contributed by atoms with E-state index in [1.54, 1.807) is 13.1 Å². The lowest BCUT2D eigenvalue weighted by molar-refractivity contribution is 0.0168. The summed E-state index contributed by atoms with van der Waals surface area (Å²) in [6, 6.07) is 6.97. The van der Waals surface area contributed by atoms with Gasteiger partial charge in [-0.1, -0.05) is 12.1 Å². The number of nitrogens with zero attached hydrogens (tertiary/aromatic N) is 3. The number of anilines is 1. The Balaban J connectivity index is 0.00000280. The number of hydrogen-bond acceptors (Lipinski definition) is 4. The molecule has 2 aliphatic rings. The molecule has 0 aromatic heterocycles. The molecule has 2 aliphatic heterocycles. The van der Waals surface area contributed by atoms with Crippen molar-refractivity contribution in [2.24, 2.45) is 4.99 Å². The van der Waals surface area contributed by atoms with Crippen LogP contribution in [0.1, 0.15) is 19.3 Å². The normalized spacial score (nSPS) is 20.2. The van der Waals surface area contributed by atoms with Crippen molar-refractivity contribution in [1.29, 1.82) is 0 Å². The first-order chi connectivity index (χ1) is 13.3. The average Bonchev–Trinajstić information content (AvgIpc) is 3.22. The van der Waals surface area contributed by atoms with Crippen LogP contribution < -0.4 is 10.2 Å². The first-order valence-corrected chi connectivity index (χ1v) is 9.92. The molecule has 1 aromatic rings. The van der Waals surface area contributed by atoms with Gasteiger partial charge >= 0.3 is 0 Å². The zero-order chi connectivity index (χ0) is 18.9. The lowest BCUT2D eigenvalue weighted by Gasteiger charge is -2.37. The molecule has 1 unspecified atom stereocenters. The summed E-state index contributed by atoms with van der Waals surface area (Å²) in [5, 5.41) is 3.41. The number of para-hydroxylation sites is 1. The molecule has 8 heteroatoms. The maximum absolute atomic E-state index is 14.0. The maximum atomic E-state index is 14.0. The Morgan fingerprint density at radius 3 is 2.75 bits per heavy atom. The van der Waals surface area contributed by atoms with Gasteiger partial charge in [-0.3, -0.25) is 4.99 Å². The Labute approximate surface area is 184 Å². The smallest absolute Gasteiger partial charge is 0.193 e. The van der Waals surface area contributed by atoms with E-state index in [1.807, 2.05) is 12.1 Å². The highest BCUT2D eigenvalue weighted by atomic mass is 127. The van der Waals surface area contributed by atoms with Crippen LogP contribution in [0.2, 0.25) is 0 Å². The summed E-state index contributed by atoms with van der Waals surface area (Å²) in [5.74, 6) is 0.749. The molecule has 1 N–H and O–H groups in total. The Morgan fingerprint density at radius 1 is 1.29 bits per heavy atom. The van der Waals surface area contributed by atoms with Gasteiger partial charge in [0.1, 0.15) is 5.82 Å². The predicted octanol–water partition coefficient (Wildman–Crippen LogP) is 2.73. The second-order valence-corrected chi connectivity index (χ2v) is 6.96. The maximum Gasteiger partial charge on any atom is 0.193 e. The summed E-state index contributed by atoms with van der Waals surface area (Å²) in [6.07, 6.45) is 3.48. The van der Waals surface area contributed by atoms with Crippen molar-refractivity contribution in [1.82, 2.24) is 10.2 Å². The summed E-state index contributed by atoms with van der Waals surface area (Å²) in [6.45, 7) is 6.34. The highest BCUT2D eigenvalue weighted by Crippen LogP contribution is 2.20. The van der Waals surface area contributed by atoms with Crippen LogP contribution in [0.15, 0.2) is 29.3 Å². The summed E-state index contributed by atoms with van der Waals surface area (Å²) >= 11 is 0. The zero-order valence-corrected chi connectivity index (χ0v) is 18.9. The molecule has 28 heavy (non-hydrogen) atoms. The van der Waals surface area contributed by atoms with Gasteiger partial charge in [-0.05, 0) is 31.4 Å². The highest BCUT2D eigenvalue weighted by Gasteiger charge is 2.21. The van der Waals surface area contributed by atoms with Crippen LogP contribution in [0.4, 0.5) is 10.1 Å². The summed E-state index contributed by atoms with van der Waals surface area (Å²) in [7, 11) is 1.81. The molecule has 6 nitrogen and oxygen atoms in total. The van der Waals surface area contributed by atoms with E-state index >= 15 is 0 Å². The molecule has 0 amide bonds. The van der Waals surface area contributed by atoms with Gasteiger partial charge < -0.3 is 24.6 Å². The standard InChI is InChI=1S/C20H31FN4O2.HI/c1-22-20(23-9-5-14-26-16-17-6-4-15-27-17)25-12-10-24(11-13-25)19-8-3-2-7-18(19)21;/h2-3,7-8,17H,4-6,9-16H2,1H3,(H,22,23);1H. The van der Waals surface area contributed by atoms with Crippen molar-refractivity contribution in [3.63, 3.8) is 0 Å². The molecule has 2 saturated heterocycles. The fourth-order valence-electron chi connectivity index (χ4n) is 3.56. The lowest BCUT2D eigenvalue weighted by atomic mass is 10.2. The van der Waals surface area contributed by atoms with Crippen LogP contribution in [0.5, 0.6) is 0 Å². The summed E-state index contributed by atoms with van der Waals surface area (Å²) in [4.78, 5) is 8.71. The van der Waals surface area contributed by atoms with Gasteiger partial charge in [-0.15, -0.1) is 24.0 Å². The average molecular weight is 506 g/mol. The molecule has 1 atom stereocenters. The molecule has 2 fully saturated rings. The van der Waals surface area contributed by atoms with Crippen molar-refractivity contribution in [3.8, 4) is 0 Å². The van der Waals surface area contributed by atoms with Crippen molar-refractivity contribution >= 4 is 35.6 Å². The fourth-order valence-corrected chi connectivity index (χ4v) is 3.56. The largest absolute Gasteiger partial charge is 0.379 e. The Morgan fingerprint density at radius 2 is 2.07 bits per heavy atom. The van der Waals surface area contributed by atoms with E-state index in [2.05, 4.69) is 20.1 Å². The number of benzene rings is 1. The van der Waals surface area contributed by atoms with E-state index in [1.165, 1.54) is 6.07 Å². The fraction of sp³-hybridized carbons (Fsp3) is 0.650. The molecule has 0 spiro atoms. The Bertz CT molecular complexity index is 606. The number of aliphatic imine (C=N–C) groups is 1. The minimum absolute atomic E-state index is 0. The van der Waals surface area contributed by atoms with Crippen molar-refractivity contribution in [2.75, 3.05) is 64.5 Å². The topological polar surface area (TPSA) is 49.3 Å². The second-order valence-electron chi connectivity index (χ2n) is 6.96. The number of guanidine groups is 1. The first kappa shape index (κ1) is 23.2. The minimum Gasteiger partial charge on any atom is -0.379 e. The predicted molar refractivity (Wildman–Crippen MR) is 121 cm³/mol. The van der Waals surface area contributed by atoms with Crippen LogP contribution in [-0.4, -0.2) is 76.6 Å². The summed E-state index contributed by atoms with van der Waals surface area (Å²) < 4.78 is 25.2. The van der Waals surface area contributed by atoms with Crippen LogP contribution in [0.3, 0.4) is 0 Å². The number of halogens is 2. The molecular weight excluding hydrogens is 474 g/mol. The van der Waals surface area contributed by atoms with E-state index in [4.69, 9.17) is 9.47 Å². The number of ether oxygens (including phenoxy) is 2. The molecule has 0 radical (unpaired) electrons. The highest BCUT2D eigenvalue weighted by molar-refractivity contribution is 14.0. The van der Waals surface area contributed by atoms with Gasteiger partial charge in [-0.25, -0.2) is 4.39 Å². The number of rotatable bonds is 7. The Kier molecular flexibility index (Phi) is 10.3. The zero-order valence-electron chi connectivity index (χ0n) is 16.6. The minimum atomic E-state index is -0.156. The van der Waals surface area contributed by atoms with E-state index in [-0.39, 0.29) is 35.9 Å². The van der Waals surface area contributed by atoms with Gasteiger partial charge in [0.15, 0.2) is 5.96 Å². The Hall–Kier alpha value is -1.13. The van der Waals surface area contributed by atoms with Crippen molar-refractivity contribution in [3.05, 3.63) is 30.1 Å². The molecular formula is C20H32FIN4O2. The third-order valence-corrected chi connectivity index (χ3v) is 5.06. The van der Waals surface area contributed by atoms with Gasteiger partial charge in [0.25, 0.3) is 0 Å². The molecule has 0 bridgehead atoms. The number of hydrogen-bond donors (Lipinski definition) is 1. The quantitative estimate of drug-likeness (QED) is 0.267. The first-order valence-electron chi connectivity index (χ1n) is 9.92. The number of nitrogens with one attached hydrogen (secondary N) is 1. The molecule has 0 aliphatic carbocycles. The van der Waals surface area contributed by atoms with Crippen LogP contribution in [-0.2, 0) is 9.47 Å². The van der Waals surface area contributed by atoms with E-state index in [0.29, 0.717) is 12.3 Å². The van der Waals surface area contributed by atoms with Gasteiger partial charge in [0, 0.05) is 53.0 Å². The van der Waals surface area contributed by atoms with Crippen molar-refractivity contribution in [2.45, 2.75) is 25.4 Å². The lowest BCUT2D eigenvalue weighted by Crippen LogP contribution is -2.52.